The van der Waals surface area contributed by atoms with Gasteiger partial charge in [-0.2, -0.15) is 0 Å². The van der Waals surface area contributed by atoms with Crippen LogP contribution in [0.15, 0.2) is 69.5 Å². The van der Waals surface area contributed by atoms with Crippen LogP contribution in [0.2, 0.25) is 0 Å². The van der Waals surface area contributed by atoms with Crippen molar-refractivity contribution in [3.8, 4) is 0 Å². The molecule has 0 N–H and O–H groups in total. The number of hydrogen-bond acceptors (Lipinski definition) is 2. The molecule has 7 aromatic rings. The Morgan fingerprint density at radius 3 is 1.31 bits per heavy atom. The summed E-state index contributed by atoms with van der Waals surface area (Å²) in [5.74, 6) is 0. The highest BCUT2D eigenvalue weighted by Gasteiger charge is 2.21. The van der Waals surface area contributed by atoms with Crippen molar-refractivity contribution in [3.05, 3.63) is 82.9 Å². The van der Waals surface area contributed by atoms with E-state index < -0.39 is 0 Å². The molecule has 0 aliphatic heterocycles. The van der Waals surface area contributed by atoms with Crippen LogP contribution in [0.3, 0.4) is 0 Å². The number of benzene rings is 5. The molecule has 5 aromatic carbocycles. The normalized spacial score (nSPS) is 12.4. The third-order valence-electron chi connectivity index (χ3n) is 6.92. The van der Waals surface area contributed by atoms with Gasteiger partial charge in [-0.15, -0.1) is 0 Å². The van der Waals surface area contributed by atoms with Crippen molar-refractivity contribution >= 4 is 65.4 Å². The van der Waals surface area contributed by atoms with Crippen molar-refractivity contribution in [3.63, 3.8) is 0 Å². The topological polar surface area (TPSA) is 26.3 Å². The Balaban J connectivity index is 1.94. The van der Waals surface area contributed by atoms with Crippen LogP contribution in [-0.2, 0) is 0 Å². The molecule has 0 aliphatic carbocycles. The monoisotopic (exact) mass is 414 g/mol. The molecule has 0 aliphatic rings. The standard InChI is InChI=1S/C30H22O2/c1-15-11-17(3)25-23(13-15)31-21-9-5-8-20-27(21)29(25)19-7-6-10-22-28(19)30(20)26-18(4)12-16(2)14-24(26)32-22/h5-14H,1-4H3. The smallest absolute Gasteiger partial charge is 0.135 e. The largest absolute Gasteiger partial charge is 0.456 e. The maximum atomic E-state index is 6.51. The van der Waals surface area contributed by atoms with Gasteiger partial charge in [0.25, 0.3) is 0 Å². The van der Waals surface area contributed by atoms with E-state index in [4.69, 9.17) is 8.83 Å². The summed E-state index contributed by atoms with van der Waals surface area (Å²) in [6, 6.07) is 21.7. The van der Waals surface area contributed by atoms with Crippen molar-refractivity contribution in [2.24, 2.45) is 0 Å². The van der Waals surface area contributed by atoms with Crippen molar-refractivity contribution in [2.75, 3.05) is 0 Å². The Labute approximate surface area is 185 Å². The zero-order chi connectivity index (χ0) is 21.7. The van der Waals surface area contributed by atoms with Crippen LogP contribution in [0.4, 0.5) is 0 Å². The van der Waals surface area contributed by atoms with Crippen molar-refractivity contribution < 1.29 is 8.83 Å². The van der Waals surface area contributed by atoms with Crippen molar-refractivity contribution in [2.45, 2.75) is 27.7 Å². The van der Waals surface area contributed by atoms with E-state index in [9.17, 15) is 0 Å². The quantitative estimate of drug-likeness (QED) is 0.183. The summed E-state index contributed by atoms with van der Waals surface area (Å²) in [6.07, 6.45) is 0. The van der Waals surface area contributed by atoms with Crippen LogP contribution < -0.4 is 0 Å². The Morgan fingerprint density at radius 2 is 0.875 bits per heavy atom. The predicted octanol–water partition coefficient (Wildman–Crippen LogP) is 9.03. The second-order valence-electron chi connectivity index (χ2n) is 9.22. The van der Waals surface area contributed by atoms with Crippen LogP contribution in [0.5, 0.6) is 0 Å². The fourth-order valence-corrected chi connectivity index (χ4v) is 5.85. The minimum atomic E-state index is 0.927. The van der Waals surface area contributed by atoms with Crippen molar-refractivity contribution in [1.29, 1.82) is 0 Å². The highest BCUT2D eigenvalue weighted by atomic mass is 16.3. The molecule has 0 atom stereocenters. The van der Waals surface area contributed by atoms with Gasteiger partial charge in [0.15, 0.2) is 0 Å². The molecule has 0 saturated heterocycles. The molecule has 2 nitrogen and oxygen atoms in total. The zero-order valence-corrected chi connectivity index (χ0v) is 18.6. The molecule has 0 spiro atoms. The highest BCUT2D eigenvalue weighted by Crippen LogP contribution is 2.47. The Hall–Kier alpha value is -3.78. The molecule has 2 aromatic heterocycles. The predicted molar refractivity (Wildman–Crippen MR) is 135 cm³/mol. The Morgan fingerprint density at radius 1 is 0.438 bits per heavy atom. The van der Waals surface area contributed by atoms with E-state index in [1.54, 1.807) is 0 Å². The molecule has 32 heavy (non-hydrogen) atoms. The van der Waals surface area contributed by atoms with E-state index in [1.165, 1.54) is 65.3 Å². The van der Waals surface area contributed by atoms with Crippen molar-refractivity contribution in [1.82, 2.24) is 0 Å². The average Bonchev–Trinajstić information content (AvgIpc) is 2.75. The van der Waals surface area contributed by atoms with Gasteiger partial charge in [-0.25, -0.2) is 0 Å². The van der Waals surface area contributed by atoms with Gasteiger partial charge < -0.3 is 8.83 Å². The van der Waals surface area contributed by atoms with E-state index in [-0.39, 0.29) is 0 Å². The summed E-state index contributed by atoms with van der Waals surface area (Å²) in [6.45, 7) is 8.62. The summed E-state index contributed by atoms with van der Waals surface area (Å²) in [7, 11) is 0. The van der Waals surface area contributed by atoms with Gasteiger partial charge in [0.2, 0.25) is 0 Å². The molecule has 7 rings (SSSR count). The van der Waals surface area contributed by atoms with E-state index in [0.29, 0.717) is 0 Å². The molecular formula is C30H22O2. The lowest BCUT2D eigenvalue weighted by molar-refractivity contribution is 0.660. The first kappa shape index (κ1) is 17.9. The van der Waals surface area contributed by atoms with E-state index >= 15 is 0 Å². The molecule has 154 valence electrons. The van der Waals surface area contributed by atoms with Gasteiger partial charge in [-0.3, -0.25) is 0 Å². The first-order valence-corrected chi connectivity index (χ1v) is 11.1. The summed E-state index contributed by atoms with van der Waals surface area (Å²) in [5.41, 5.74) is 8.62. The Kier molecular flexibility index (Phi) is 3.30. The molecule has 2 heterocycles. The minimum absolute atomic E-state index is 0.927. The molecule has 0 radical (unpaired) electrons. The third kappa shape index (κ3) is 2.14. The third-order valence-corrected chi connectivity index (χ3v) is 6.92. The Bertz CT molecular complexity index is 1770. The molecule has 0 unspecified atom stereocenters. The van der Waals surface area contributed by atoms with E-state index in [2.05, 4.69) is 88.4 Å². The molecular weight excluding hydrogens is 392 g/mol. The lowest BCUT2D eigenvalue weighted by Gasteiger charge is -2.18. The van der Waals surface area contributed by atoms with Crippen LogP contribution in [0, 0.1) is 27.7 Å². The summed E-state index contributed by atoms with van der Waals surface area (Å²) < 4.78 is 13.0. The van der Waals surface area contributed by atoms with Crippen LogP contribution in [0.25, 0.3) is 65.4 Å². The average molecular weight is 415 g/mol. The molecule has 0 amide bonds. The van der Waals surface area contributed by atoms with Gasteiger partial charge in [0, 0.05) is 32.3 Å². The molecule has 0 saturated carbocycles. The minimum Gasteiger partial charge on any atom is -0.456 e. The SMILES string of the molecule is Cc1cc(C)c2c(c1)oc1cccc3c1c2c1cccc2oc4cc(C)cc(C)c4c3c21. The zero-order valence-electron chi connectivity index (χ0n) is 18.6. The van der Waals surface area contributed by atoms with Gasteiger partial charge in [-0.1, -0.05) is 36.4 Å². The lowest BCUT2D eigenvalue weighted by atomic mass is 9.88. The first-order valence-electron chi connectivity index (χ1n) is 11.1. The maximum Gasteiger partial charge on any atom is 0.135 e. The maximum absolute atomic E-state index is 6.51. The number of hydrogen-bond donors (Lipinski definition) is 0. The van der Waals surface area contributed by atoms with Crippen LogP contribution in [-0.4, -0.2) is 0 Å². The number of rotatable bonds is 0. The fourth-order valence-electron chi connectivity index (χ4n) is 5.85. The van der Waals surface area contributed by atoms with E-state index in [0.717, 1.165) is 22.3 Å². The number of fused-ring (bicyclic) bond motifs is 6. The van der Waals surface area contributed by atoms with Gasteiger partial charge in [-0.05, 0) is 85.0 Å². The second kappa shape index (κ2) is 5.92. The van der Waals surface area contributed by atoms with Gasteiger partial charge in [0.1, 0.15) is 22.3 Å². The summed E-state index contributed by atoms with van der Waals surface area (Å²) in [4.78, 5) is 0. The van der Waals surface area contributed by atoms with Crippen LogP contribution in [0.1, 0.15) is 22.3 Å². The van der Waals surface area contributed by atoms with Gasteiger partial charge in [0.05, 0.1) is 0 Å². The van der Waals surface area contributed by atoms with Gasteiger partial charge >= 0.3 is 0 Å². The number of aryl methyl sites for hydroxylation is 4. The molecule has 0 bridgehead atoms. The second-order valence-corrected chi connectivity index (χ2v) is 9.22. The fraction of sp³-hybridized carbons (Fsp3) is 0.133. The molecule has 0 fully saturated rings. The lowest BCUT2D eigenvalue weighted by Crippen LogP contribution is -1.93. The molecule has 2 heteroatoms. The summed E-state index contributed by atoms with van der Waals surface area (Å²) >= 11 is 0. The van der Waals surface area contributed by atoms with Crippen LogP contribution >= 0.6 is 0 Å². The van der Waals surface area contributed by atoms with E-state index in [1.807, 2.05) is 0 Å². The summed E-state index contributed by atoms with van der Waals surface area (Å²) in [5, 5.41) is 9.72. The first-order chi connectivity index (χ1) is 15.5. The highest BCUT2D eigenvalue weighted by molar-refractivity contribution is 6.39.